The van der Waals surface area contributed by atoms with Crippen molar-refractivity contribution in [1.82, 2.24) is 9.55 Å². The second kappa shape index (κ2) is 7.07. The topological polar surface area (TPSA) is 46.9 Å². The Morgan fingerprint density at radius 2 is 2.00 bits per heavy atom. The van der Waals surface area contributed by atoms with Crippen molar-refractivity contribution in [2.45, 2.75) is 27.3 Å². The Morgan fingerprint density at radius 1 is 1.28 bits per heavy atom. The Labute approximate surface area is 151 Å². The Balaban J connectivity index is 1.81. The van der Waals surface area contributed by atoms with Crippen LogP contribution in [0.3, 0.4) is 0 Å². The first-order valence-corrected chi connectivity index (χ1v) is 8.99. The number of hydrogen-bond acceptors (Lipinski definition) is 3. The zero-order chi connectivity index (χ0) is 18.0. The SMILES string of the molecule is C=CCn1c(C)cc(-c2csc(NC(=O)c3ccc(C)cc3)n2)c1C. The number of rotatable bonds is 5. The molecule has 128 valence electrons. The highest BCUT2D eigenvalue weighted by Crippen LogP contribution is 2.30. The maximum absolute atomic E-state index is 12.3. The van der Waals surface area contributed by atoms with Gasteiger partial charge in [-0.1, -0.05) is 23.8 Å². The minimum Gasteiger partial charge on any atom is -0.345 e. The quantitative estimate of drug-likeness (QED) is 0.659. The minimum atomic E-state index is -0.141. The third-order valence-electron chi connectivity index (χ3n) is 4.20. The highest BCUT2D eigenvalue weighted by molar-refractivity contribution is 7.14. The molecule has 0 aliphatic carbocycles. The van der Waals surface area contributed by atoms with Gasteiger partial charge in [0.1, 0.15) is 0 Å². The molecule has 0 atom stereocenters. The van der Waals surface area contributed by atoms with Gasteiger partial charge in [-0.15, -0.1) is 17.9 Å². The second-order valence-corrected chi connectivity index (χ2v) is 6.90. The molecule has 0 spiro atoms. The Morgan fingerprint density at radius 3 is 2.68 bits per heavy atom. The first-order valence-electron chi connectivity index (χ1n) is 8.11. The highest BCUT2D eigenvalue weighted by atomic mass is 32.1. The molecule has 0 bridgehead atoms. The number of nitrogens with one attached hydrogen (secondary N) is 1. The summed E-state index contributed by atoms with van der Waals surface area (Å²) in [4.78, 5) is 16.9. The number of aryl methyl sites for hydroxylation is 2. The molecule has 2 aromatic heterocycles. The molecule has 4 nitrogen and oxygen atoms in total. The lowest BCUT2D eigenvalue weighted by atomic mass is 10.1. The Bertz CT molecular complexity index is 919. The van der Waals surface area contributed by atoms with Crippen molar-refractivity contribution in [2.24, 2.45) is 0 Å². The van der Waals surface area contributed by atoms with Crippen LogP contribution in [-0.4, -0.2) is 15.5 Å². The number of thiazole rings is 1. The normalized spacial score (nSPS) is 10.7. The summed E-state index contributed by atoms with van der Waals surface area (Å²) >= 11 is 1.44. The van der Waals surface area contributed by atoms with E-state index in [0.717, 1.165) is 29.1 Å². The van der Waals surface area contributed by atoms with Crippen LogP contribution in [-0.2, 0) is 6.54 Å². The number of nitrogens with zero attached hydrogens (tertiary/aromatic N) is 2. The zero-order valence-electron chi connectivity index (χ0n) is 14.7. The smallest absolute Gasteiger partial charge is 0.257 e. The molecule has 5 heteroatoms. The van der Waals surface area contributed by atoms with Crippen LogP contribution in [0.4, 0.5) is 5.13 Å². The van der Waals surface area contributed by atoms with E-state index in [2.05, 4.69) is 41.4 Å². The molecule has 2 heterocycles. The lowest BCUT2D eigenvalue weighted by Gasteiger charge is -2.05. The van der Waals surface area contributed by atoms with E-state index in [1.807, 2.05) is 42.6 Å². The van der Waals surface area contributed by atoms with Gasteiger partial charge in [0.25, 0.3) is 5.91 Å². The summed E-state index contributed by atoms with van der Waals surface area (Å²) in [6.07, 6.45) is 1.89. The van der Waals surface area contributed by atoms with Gasteiger partial charge in [-0.2, -0.15) is 0 Å². The fourth-order valence-electron chi connectivity index (χ4n) is 2.80. The van der Waals surface area contributed by atoms with Gasteiger partial charge in [0.2, 0.25) is 0 Å². The van der Waals surface area contributed by atoms with E-state index in [4.69, 9.17) is 0 Å². The van der Waals surface area contributed by atoms with Crippen molar-refractivity contribution < 1.29 is 4.79 Å². The van der Waals surface area contributed by atoms with Crippen LogP contribution in [0, 0.1) is 20.8 Å². The van der Waals surface area contributed by atoms with Crippen molar-refractivity contribution in [3.63, 3.8) is 0 Å². The summed E-state index contributed by atoms with van der Waals surface area (Å²) in [5.74, 6) is -0.141. The van der Waals surface area contributed by atoms with E-state index in [0.29, 0.717) is 10.7 Å². The van der Waals surface area contributed by atoms with Crippen LogP contribution in [0.15, 0.2) is 48.4 Å². The summed E-state index contributed by atoms with van der Waals surface area (Å²) in [7, 11) is 0. The molecule has 0 aliphatic rings. The predicted octanol–water partition coefficient (Wildman–Crippen LogP) is 4.98. The van der Waals surface area contributed by atoms with Crippen LogP contribution >= 0.6 is 11.3 Å². The van der Waals surface area contributed by atoms with Crippen molar-refractivity contribution in [2.75, 3.05) is 5.32 Å². The largest absolute Gasteiger partial charge is 0.345 e. The number of carbonyl (C=O) groups is 1. The Hall–Kier alpha value is -2.66. The van der Waals surface area contributed by atoms with E-state index < -0.39 is 0 Å². The summed E-state index contributed by atoms with van der Waals surface area (Å²) in [6, 6.07) is 9.62. The first-order chi connectivity index (χ1) is 12.0. The molecular formula is C20H21N3OS. The van der Waals surface area contributed by atoms with Crippen LogP contribution in [0.5, 0.6) is 0 Å². The summed E-state index contributed by atoms with van der Waals surface area (Å²) in [5, 5.41) is 5.46. The maximum atomic E-state index is 12.3. The summed E-state index contributed by atoms with van der Waals surface area (Å²) < 4.78 is 2.20. The molecule has 1 N–H and O–H groups in total. The number of hydrogen-bond donors (Lipinski definition) is 1. The van der Waals surface area contributed by atoms with Gasteiger partial charge < -0.3 is 4.57 Å². The van der Waals surface area contributed by atoms with Crippen LogP contribution < -0.4 is 5.32 Å². The lowest BCUT2D eigenvalue weighted by molar-refractivity contribution is 0.102. The van der Waals surface area contributed by atoms with Crippen molar-refractivity contribution >= 4 is 22.4 Å². The standard InChI is InChI=1S/C20H21N3OS/c1-5-10-23-14(3)11-17(15(23)4)18-12-25-20(21-18)22-19(24)16-8-6-13(2)7-9-16/h5-9,11-12H,1,10H2,2-4H3,(H,21,22,24). The average molecular weight is 351 g/mol. The minimum absolute atomic E-state index is 0.141. The third kappa shape index (κ3) is 3.56. The molecule has 0 radical (unpaired) electrons. The van der Waals surface area contributed by atoms with Gasteiger partial charge in [0, 0.05) is 34.4 Å². The van der Waals surface area contributed by atoms with Crippen LogP contribution in [0.1, 0.15) is 27.3 Å². The van der Waals surface area contributed by atoms with E-state index >= 15 is 0 Å². The number of anilines is 1. The molecule has 0 saturated heterocycles. The molecule has 1 amide bonds. The van der Waals surface area contributed by atoms with Gasteiger partial charge >= 0.3 is 0 Å². The highest BCUT2D eigenvalue weighted by Gasteiger charge is 2.14. The fraction of sp³-hybridized carbons (Fsp3) is 0.200. The van der Waals surface area contributed by atoms with Crippen molar-refractivity contribution in [1.29, 1.82) is 0 Å². The van der Waals surface area contributed by atoms with E-state index in [9.17, 15) is 4.79 Å². The number of aromatic nitrogens is 2. The molecule has 1 aromatic carbocycles. The number of benzene rings is 1. The molecular weight excluding hydrogens is 330 g/mol. The lowest BCUT2D eigenvalue weighted by Crippen LogP contribution is -2.11. The zero-order valence-corrected chi connectivity index (χ0v) is 15.5. The average Bonchev–Trinajstić information content (AvgIpc) is 3.15. The van der Waals surface area contributed by atoms with Gasteiger partial charge in [0.15, 0.2) is 5.13 Å². The second-order valence-electron chi connectivity index (χ2n) is 6.04. The van der Waals surface area contributed by atoms with Crippen LogP contribution in [0.2, 0.25) is 0 Å². The maximum Gasteiger partial charge on any atom is 0.257 e. The number of amides is 1. The van der Waals surface area contributed by atoms with E-state index in [1.54, 1.807) is 0 Å². The van der Waals surface area contributed by atoms with Crippen molar-refractivity contribution in [3.05, 3.63) is 70.9 Å². The Kier molecular flexibility index (Phi) is 4.86. The van der Waals surface area contributed by atoms with Gasteiger partial charge in [-0.3, -0.25) is 10.1 Å². The van der Waals surface area contributed by atoms with Gasteiger partial charge in [0.05, 0.1) is 5.69 Å². The summed E-state index contributed by atoms with van der Waals surface area (Å²) in [5.41, 5.74) is 6.05. The number of carbonyl (C=O) groups excluding carboxylic acids is 1. The summed E-state index contributed by atoms with van der Waals surface area (Å²) in [6.45, 7) is 10.7. The molecule has 0 saturated carbocycles. The molecule has 3 aromatic rings. The van der Waals surface area contributed by atoms with E-state index in [-0.39, 0.29) is 5.91 Å². The molecule has 0 aliphatic heterocycles. The fourth-order valence-corrected chi connectivity index (χ4v) is 3.51. The van der Waals surface area contributed by atoms with Crippen LogP contribution in [0.25, 0.3) is 11.3 Å². The van der Waals surface area contributed by atoms with Gasteiger partial charge in [-0.25, -0.2) is 4.98 Å². The molecule has 0 unspecified atom stereocenters. The first kappa shape index (κ1) is 17.2. The monoisotopic (exact) mass is 351 g/mol. The molecule has 3 rings (SSSR count). The third-order valence-corrected chi connectivity index (χ3v) is 4.96. The van der Waals surface area contributed by atoms with Crippen molar-refractivity contribution in [3.8, 4) is 11.3 Å². The molecule has 0 fully saturated rings. The molecule has 25 heavy (non-hydrogen) atoms. The predicted molar refractivity (Wildman–Crippen MR) is 104 cm³/mol. The van der Waals surface area contributed by atoms with E-state index in [1.165, 1.54) is 17.0 Å². The van der Waals surface area contributed by atoms with Gasteiger partial charge in [-0.05, 0) is 39.0 Å². The number of allylic oxidation sites excluding steroid dienone is 1.